The Hall–Kier alpha value is -0.540. The molecule has 2 N–H and O–H groups in total. The topological polar surface area (TPSA) is 29.3 Å². The molecule has 1 fully saturated rings. The third-order valence-electron chi connectivity index (χ3n) is 3.36. The van der Waals surface area contributed by atoms with E-state index in [1.165, 1.54) is 28.6 Å². The molecule has 100 valence electrons. The maximum absolute atomic E-state index is 5.93. The van der Waals surface area contributed by atoms with Crippen LogP contribution in [0, 0.1) is 5.92 Å². The highest BCUT2D eigenvalue weighted by atomic mass is 79.9. The van der Waals surface area contributed by atoms with Crippen LogP contribution in [0.4, 0.5) is 5.69 Å². The van der Waals surface area contributed by atoms with Gasteiger partial charge in [0.25, 0.3) is 0 Å². The van der Waals surface area contributed by atoms with Gasteiger partial charge in [0.2, 0.25) is 0 Å². The first kappa shape index (κ1) is 13.9. The van der Waals surface area contributed by atoms with E-state index in [0.29, 0.717) is 5.92 Å². The molecule has 1 aliphatic rings. The van der Waals surface area contributed by atoms with Crippen molar-refractivity contribution in [2.24, 2.45) is 11.7 Å². The van der Waals surface area contributed by atoms with Crippen molar-refractivity contribution in [3.8, 4) is 0 Å². The largest absolute Gasteiger partial charge is 0.367 e. The Labute approximate surface area is 119 Å². The van der Waals surface area contributed by atoms with Crippen LogP contribution in [-0.2, 0) is 0 Å². The molecule has 18 heavy (non-hydrogen) atoms. The Morgan fingerprint density at radius 3 is 2.44 bits per heavy atom. The molecule has 0 spiro atoms. The molecule has 0 saturated heterocycles. The molecule has 0 heterocycles. The van der Waals surface area contributed by atoms with Gasteiger partial charge in [0.05, 0.1) is 5.69 Å². The quantitative estimate of drug-likeness (QED) is 0.887. The molecular weight excluding hydrogens is 288 g/mol. The van der Waals surface area contributed by atoms with Crippen molar-refractivity contribution in [1.29, 1.82) is 0 Å². The van der Waals surface area contributed by atoms with Crippen LogP contribution in [0.15, 0.2) is 22.7 Å². The Kier molecular flexibility index (Phi) is 4.33. The second-order valence-corrected chi connectivity index (χ2v) is 6.63. The van der Waals surface area contributed by atoms with Gasteiger partial charge in [-0.15, -0.1) is 0 Å². The average Bonchev–Trinajstić information content (AvgIpc) is 3.09. The Morgan fingerprint density at radius 1 is 1.33 bits per heavy atom. The van der Waals surface area contributed by atoms with Gasteiger partial charge in [-0.25, -0.2) is 0 Å². The number of benzene rings is 1. The molecule has 0 amide bonds. The van der Waals surface area contributed by atoms with Gasteiger partial charge in [-0.1, -0.05) is 19.9 Å². The number of nitrogens with two attached hydrogens (primary N) is 1. The lowest BCUT2D eigenvalue weighted by atomic mass is 10.1. The van der Waals surface area contributed by atoms with Crippen LogP contribution in [0.2, 0.25) is 0 Å². The van der Waals surface area contributed by atoms with E-state index in [-0.39, 0.29) is 6.04 Å². The highest BCUT2D eigenvalue weighted by Crippen LogP contribution is 2.37. The van der Waals surface area contributed by atoms with Crippen LogP contribution >= 0.6 is 15.9 Å². The van der Waals surface area contributed by atoms with Crippen LogP contribution in [0.5, 0.6) is 0 Å². The number of hydrogen-bond acceptors (Lipinski definition) is 2. The molecule has 0 aromatic heterocycles. The number of halogens is 1. The zero-order valence-corrected chi connectivity index (χ0v) is 13.1. The Balaban J connectivity index is 2.24. The monoisotopic (exact) mass is 310 g/mol. The number of anilines is 1. The first-order chi connectivity index (χ1) is 8.49. The van der Waals surface area contributed by atoms with Crippen molar-refractivity contribution >= 4 is 21.6 Å². The number of hydrogen-bond donors (Lipinski definition) is 1. The molecule has 1 aromatic carbocycles. The van der Waals surface area contributed by atoms with Crippen molar-refractivity contribution in [2.75, 3.05) is 11.4 Å². The predicted octanol–water partition coefficient (Wildman–Crippen LogP) is 4.09. The number of nitrogens with zero attached hydrogens (tertiary/aromatic N) is 1. The molecule has 1 unspecified atom stereocenters. The van der Waals surface area contributed by atoms with Crippen molar-refractivity contribution < 1.29 is 0 Å². The highest BCUT2D eigenvalue weighted by molar-refractivity contribution is 9.10. The molecule has 2 rings (SSSR count). The summed E-state index contributed by atoms with van der Waals surface area (Å²) >= 11 is 3.70. The zero-order valence-electron chi connectivity index (χ0n) is 11.5. The van der Waals surface area contributed by atoms with Gasteiger partial charge in [-0.05, 0) is 59.3 Å². The summed E-state index contributed by atoms with van der Waals surface area (Å²) in [7, 11) is 0. The van der Waals surface area contributed by atoms with E-state index in [1.807, 2.05) is 6.92 Å². The fourth-order valence-electron chi connectivity index (χ4n) is 2.26. The summed E-state index contributed by atoms with van der Waals surface area (Å²) in [6, 6.07) is 7.36. The second kappa shape index (κ2) is 5.62. The van der Waals surface area contributed by atoms with Gasteiger partial charge < -0.3 is 10.6 Å². The lowest BCUT2D eigenvalue weighted by molar-refractivity contribution is 0.606. The van der Waals surface area contributed by atoms with E-state index < -0.39 is 0 Å². The fourth-order valence-corrected chi connectivity index (χ4v) is 2.89. The van der Waals surface area contributed by atoms with Crippen LogP contribution in [-0.4, -0.2) is 12.6 Å². The summed E-state index contributed by atoms with van der Waals surface area (Å²) in [5.74, 6) is 0.686. The molecule has 0 radical (unpaired) electrons. The van der Waals surface area contributed by atoms with E-state index in [4.69, 9.17) is 5.73 Å². The van der Waals surface area contributed by atoms with Crippen LogP contribution in [0.3, 0.4) is 0 Å². The molecule has 0 bridgehead atoms. The second-order valence-electron chi connectivity index (χ2n) is 5.78. The molecule has 1 atom stereocenters. The van der Waals surface area contributed by atoms with Crippen molar-refractivity contribution in [2.45, 2.75) is 45.7 Å². The summed E-state index contributed by atoms with van der Waals surface area (Å²) in [4.78, 5) is 2.54. The minimum atomic E-state index is 0.0924. The lowest BCUT2D eigenvalue weighted by Crippen LogP contribution is -2.30. The fraction of sp³-hybridized carbons (Fsp3) is 0.600. The summed E-state index contributed by atoms with van der Waals surface area (Å²) in [5, 5.41) is 0. The minimum Gasteiger partial charge on any atom is -0.367 e. The highest BCUT2D eigenvalue weighted by Gasteiger charge is 2.30. The van der Waals surface area contributed by atoms with Crippen molar-refractivity contribution in [3.63, 3.8) is 0 Å². The summed E-state index contributed by atoms with van der Waals surface area (Å²) in [5.41, 5.74) is 8.43. The first-order valence-corrected chi connectivity index (χ1v) is 7.60. The third kappa shape index (κ3) is 3.27. The van der Waals surface area contributed by atoms with E-state index in [9.17, 15) is 0 Å². The number of rotatable bonds is 5. The molecular formula is C15H23BrN2. The lowest BCUT2D eigenvalue weighted by Gasteiger charge is -2.28. The maximum Gasteiger partial charge on any atom is 0.0513 e. The van der Waals surface area contributed by atoms with Crippen LogP contribution < -0.4 is 10.6 Å². The van der Waals surface area contributed by atoms with Crippen LogP contribution in [0.25, 0.3) is 0 Å². The molecule has 3 heteroatoms. The standard InChI is InChI=1S/C15H23BrN2/c1-10(2)9-18(13-5-6-13)15-7-4-12(11(3)17)8-14(15)16/h4,7-8,10-11,13H,5-6,9,17H2,1-3H3. The molecule has 1 aromatic rings. The van der Waals surface area contributed by atoms with Gasteiger partial charge in [-0.2, -0.15) is 0 Å². The normalized spacial score (nSPS) is 17.0. The van der Waals surface area contributed by atoms with Crippen molar-refractivity contribution in [3.05, 3.63) is 28.2 Å². The maximum atomic E-state index is 5.93. The molecule has 1 saturated carbocycles. The minimum absolute atomic E-state index is 0.0924. The molecule has 2 nitrogen and oxygen atoms in total. The van der Waals surface area contributed by atoms with Gasteiger partial charge in [0.1, 0.15) is 0 Å². The first-order valence-electron chi connectivity index (χ1n) is 6.80. The smallest absolute Gasteiger partial charge is 0.0513 e. The summed E-state index contributed by atoms with van der Waals surface area (Å²) < 4.78 is 1.17. The van der Waals surface area contributed by atoms with Gasteiger partial charge in [-0.3, -0.25) is 0 Å². The Morgan fingerprint density at radius 2 is 2.00 bits per heavy atom. The molecule has 1 aliphatic carbocycles. The van der Waals surface area contributed by atoms with Gasteiger partial charge in [0, 0.05) is 23.1 Å². The predicted molar refractivity (Wildman–Crippen MR) is 82.0 cm³/mol. The zero-order chi connectivity index (χ0) is 13.3. The van der Waals surface area contributed by atoms with Crippen molar-refractivity contribution in [1.82, 2.24) is 0 Å². The average molecular weight is 311 g/mol. The van der Waals surface area contributed by atoms with E-state index >= 15 is 0 Å². The van der Waals surface area contributed by atoms with Gasteiger partial charge >= 0.3 is 0 Å². The van der Waals surface area contributed by atoms with E-state index in [0.717, 1.165) is 12.6 Å². The van der Waals surface area contributed by atoms with E-state index in [1.54, 1.807) is 0 Å². The van der Waals surface area contributed by atoms with E-state index in [2.05, 4.69) is 52.9 Å². The van der Waals surface area contributed by atoms with Gasteiger partial charge in [0.15, 0.2) is 0 Å². The molecule has 0 aliphatic heterocycles. The van der Waals surface area contributed by atoms with Crippen LogP contribution in [0.1, 0.15) is 45.2 Å². The SMILES string of the molecule is CC(C)CN(c1ccc(C(C)N)cc1Br)C1CC1. The summed E-state index contributed by atoms with van der Waals surface area (Å²) in [6.07, 6.45) is 2.66. The third-order valence-corrected chi connectivity index (χ3v) is 3.99. The summed E-state index contributed by atoms with van der Waals surface area (Å²) in [6.45, 7) is 7.70. The Bertz CT molecular complexity index is 411.